The highest BCUT2D eigenvalue weighted by atomic mass is 16.4. The van der Waals surface area contributed by atoms with Crippen LogP contribution < -0.4 is 0 Å². The Hall–Kier alpha value is -0.650. The molecule has 0 spiro atoms. The van der Waals surface area contributed by atoms with E-state index in [0.717, 1.165) is 45.6 Å². The molecule has 88 valence electrons. The normalized spacial score (nSPS) is 20.1. The Morgan fingerprint density at radius 3 is 2.47 bits per heavy atom. The third-order valence-corrected chi connectivity index (χ3v) is 2.67. The molecule has 1 aliphatic heterocycles. The molecule has 5 nitrogen and oxygen atoms in total. The van der Waals surface area contributed by atoms with E-state index in [2.05, 4.69) is 4.90 Å². The smallest absolute Gasteiger partial charge is 0.317 e. The second kappa shape index (κ2) is 6.76. The van der Waals surface area contributed by atoms with Gasteiger partial charge in [0.2, 0.25) is 0 Å². The van der Waals surface area contributed by atoms with Crippen molar-refractivity contribution in [2.45, 2.75) is 12.8 Å². The van der Waals surface area contributed by atoms with Crippen molar-refractivity contribution in [3.63, 3.8) is 0 Å². The minimum Gasteiger partial charge on any atom is -0.480 e. The van der Waals surface area contributed by atoms with Crippen LogP contribution in [0, 0.1) is 0 Å². The lowest BCUT2D eigenvalue weighted by atomic mass is 10.3. The standard InChI is InChI=1S/C10H20N2O3/c13-8-2-5-11-3-1-4-12(7-6-11)9-10(14)15/h13H,1-9H2,(H,14,15). The SMILES string of the molecule is O=C(O)CN1CCCN(CCCO)CC1. The van der Waals surface area contributed by atoms with Gasteiger partial charge in [-0.1, -0.05) is 0 Å². The summed E-state index contributed by atoms with van der Waals surface area (Å²) in [6, 6.07) is 0. The van der Waals surface area contributed by atoms with E-state index in [9.17, 15) is 4.79 Å². The van der Waals surface area contributed by atoms with Gasteiger partial charge in [0.1, 0.15) is 0 Å². The maximum atomic E-state index is 10.5. The van der Waals surface area contributed by atoms with Crippen molar-refractivity contribution in [2.75, 3.05) is 45.9 Å². The van der Waals surface area contributed by atoms with E-state index in [0.29, 0.717) is 0 Å². The summed E-state index contributed by atoms with van der Waals surface area (Å²) < 4.78 is 0. The average Bonchev–Trinajstić information content (AvgIpc) is 2.40. The van der Waals surface area contributed by atoms with Gasteiger partial charge in [-0.15, -0.1) is 0 Å². The van der Waals surface area contributed by atoms with E-state index in [1.54, 1.807) is 0 Å². The highest BCUT2D eigenvalue weighted by Crippen LogP contribution is 2.03. The molecular formula is C10H20N2O3. The number of carboxylic acid groups (broad SMARTS) is 1. The number of carbonyl (C=O) groups is 1. The Labute approximate surface area is 90.3 Å². The van der Waals surface area contributed by atoms with E-state index < -0.39 is 5.97 Å². The number of nitrogens with zero attached hydrogens (tertiary/aromatic N) is 2. The minimum atomic E-state index is -0.751. The van der Waals surface area contributed by atoms with Gasteiger partial charge in [0.25, 0.3) is 0 Å². The first-order valence-electron chi connectivity index (χ1n) is 5.49. The van der Waals surface area contributed by atoms with Crippen LogP contribution in [0.3, 0.4) is 0 Å². The van der Waals surface area contributed by atoms with Crippen molar-refractivity contribution < 1.29 is 15.0 Å². The number of carboxylic acids is 1. The molecule has 1 heterocycles. The van der Waals surface area contributed by atoms with Gasteiger partial charge >= 0.3 is 5.97 Å². The van der Waals surface area contributed by atoms with Crippen molar-refractivity contribution in [1.29, 1.82) is 0 Å². The summed E-state index contributed by atoms with van der Waals surface area (Å²) in [5.74, 6) is -0.751. The number of aliphatic carboxylic acids is 1. The van der Waals surface area contributed by atoms with Crippen molar-refractivity contribution in [3.05, 3.63) is 0 Å². The maximum Gasteiger partial charge on any atom is 0.317 e. The van der Waals surface area contributed by atoms with Gasteiger partial charge in [0.15, 0.2) is 0 Å². The zero-order valence-corrected chi connectivity index (χ0v) is 9.06. The van der Waals surface area contributed by atoms with Crippen molar-refractivity contribution >= 4 is 5.97 Å². The summed E-state index contributed by atoms with van der Waals surface area (Å²) in [6.07, 6.45) is 1.82. The van der Waals surface area contributed by atoms with Gasteiger partial charge in [-0.2, -0.15) is 0 Å². The van der Waals surface area contributed by atoms with E-state index >= 15 is 0 Å². The van der Waals surface area contributed by atoms with Crippen LogP contribution in [-0.4, -0.2) is 71.9 Å². The lowest BCUT2D eigenvalue weighted by molar-refractivity contribution is -0.138. The molecule has 0 aliphatic carbocycles. The van der Waals surface area contributed by atoms with E-state index in [-0.39, 0.29) is 13.2 Å². The predicted octanol–water partition coefficient (Wildman–Crippen LogP) is -0.539. The minimum absolute atomic E-state index is 0.147. The second-order valence-corrected chi connectivity index (χ2v) is 3.94. The molecule has 0 aromatic carbocycles. The van der Waals surface area contributed by atoms with E-state index in [1.165, 1.54) is 0 Å². The number of aliphatic hydroxyl groups excluding tert-OH is 1. The molecule has 1 rings (SSSR count). The summed E-state index contributed by atoms with van der Waals surface area (Å²) >= 11 is 0. The molecule has 0 atom stereocenters. The topological polar surface area (TPSA) is 64.0 Å². The number of rotatable bonds is 5. The van der Waals surface area contributed by atoms with Gasteiger partial charge in [0.05, 0.1) is 6.54 Å². The quantitative estimate of drug-likeness (QED) is 0.646. The summed E-state index contributed by atoms with van der Waals surface area (Å²) in [4.78, 5) is 14.8. The zero-order valence-electron chi connectivity index (χ0n) is 9.06. The highest BCUT2D eigenvalue weighted by Gasteiger charge is 2.15. The summed E-state index contributed by atoms with van der Waals surface area (Å²) in [5.41, 5.74) is 0. The van der Waals surface area contributed by atoms with Crippen LogP contribution in [0.4, 0.5) is 0 Å². The fourth-order valence-electron chi connectivity index (χ4n) is 1.89. The Morgan fingerprint density at radius 1 is 1.13 bits per heavy atom. The Morgan fingerprint density at radius 2 is 1.80 bits per heavy atom. The Balaban J connectivity index is 2.25. The van der Waals surface area contributed by atoms with Crippen molar-refractivity contribution in [2.24, 2.45) is 0 Å². The molecule has 0 aromatic rings. The van der Waals surface area contributed by atoms with Gasteiger partial charge in [0, 0.05) is 32.8 Å². The number of hydrogen-bond donors (Lipinski definition) is 2. The fraction of sp³-hybridized carbons (Fsp3) is 0.900. The Kier molecular flexibility index (Phi) is 5.60. The molecule has 2 N–H and O–H groups in total. The maximum absolute atomic E-state index is 10.5. The van der Waals surface area contributed by atoms with Crippen LogP contribution in [0.15, 0.2) is 0 Å². The van der Waals surface area contributed by atoms with Crippen LogP contribution in [0.1, 0.15) is 12.8 Å². The first-order chi connectivity index (χ1) is 7.22. The lowest BCUT2D eigenvalue weighted by Gasteiger charge is -2.20. The predicted molar refractivity (Wildman–Crippen MR) is 56.8 cm³/mol. The molecule has 15 heavy (non-hydrogen) atoms. The zero-order chi connectivity index (χ0) is 11.1. The second-order valence-electron chi connectivity index (χ2n) is 3.94. The van der Waals surface area contributed by atoms with Crippen molar-refractivity contribution in [3.8, 4) is 0 Å². The molecule has 1 saturated heterocycles. The van der Waals surface area contributed by atoms with Crippen LogP contribution in [-0.2, 0) is 4.79 Å². The first kappa shape index (κ1) is 12.4. The molecule has 5 heteroatoms. The van der Waals surface area contributed by atoms with Crippen LogP contribution in [0.2, 0.25) is 0 Å². The number of hydrogen-bond acceptors (Lipinski definition) is 4. The molecule has 0 amide bonds. The van der Waals surface area contributed by atoms with Gasteiger partial charge in [-0.3, -0.25) is 9.69 Å². The molecule has 0 bridgehead atoms. The van der Waals surface area contributed by atoms with Crippen LogP contribution in [0.25, 0.3) is 0 Å². The average molecular weight is 216 g/mol. The van der Waals surface area contributed by atoms with Gasteiger partial charge in [-0.05, 0) is 19.4 Å². The largest absolute Gasteiger partial charge is 0.480 e. The molecule has 0 aromatic heterocycles. The third kappa shape index (κ3) is 5.11. The molecule has 1 fully saturated rings. The molecular weight excluding hydrogens is 196 g/mol. The number of aliphatic hydroxyl groups is 1. The van der Waals surface area contributed by atoms with Crippen LogP contribution >= 0.6 is 0 Å². The molecule has 0 radical (unpaired) electrons. The fourth-order valence-corrected chi connectivity index (χ4v) is 1.89. The monoisotopic (exact) mass is 216 g/mol. The first-order valence-corrected chi connectivity index (χ1v) is 5.49. The third-order valence-electron chi connectivity index (χ3n) is 2.67. The van der Waals surface area contributed by atoms with Crippen LogP contribution in [0.5, 0.6) is 0 Å². The molecule has 0 unspecified atom stereocenters. The summed E-state index contributed by atoms with van der Waals surface area (Å²) in [5, 5.41) is 17.4. The summed E-state index contributed by atoms with van der Waals surface area (Å²) in [6.45, 7) is 4.89. The highest BCUT2D eigenvalue weighted by molar-refractivity contribution is 5.69. The molecule has 0 saturated carbocycles. The van der Waals surface area contributed by atoms with Gasteiger partial charge in [-0.25, -0.2) is 0 Å². The lowest BCUT2D eigenvalue weighted by Crippen LogP contribution is -2.34. The molecule has 1 aliphatic rings. The van der Waals surface area contributed by atoms with Crippen molar-refractivity contribution in [1.82, 2.24) is 9.80 Å². The Bertz CT molecular complexity index is 199. The van der Waals surface area contributed by atoms with E-state index in [1.807, 2.05) is 4.90 Å². The van der Waals surface area contributed by atoms with Gasteiger partial charge < -0.3 is 15.1 Å². The van der Waals surface area contributed by atoms with E-state index in [4.69, 9.17) is 10.2 Å². The summed E-state index contributed by atoms with van der Waals surface area (Å²) in [7, 11) is 0.